The third kappa shape index (κ3) is 3.86. The first kappa shape index (κ1) is 15.1. The Hall–Kier alpha value is -2.27. The molecule has 0 aliphatic heterocycles. The van der Waals surface area contributed by atoms with Gasteiger partial charge in [-0.3, -0.25) is 10.1 Å². The molecule has 2 aromatic rings. The Morgan fingerprint density at radius 1 is 1.29 bits per heavy atom. The normalized spacial score (nSPS) is 12.1. The Morgan fingerprint density at radius 2 is 2.00 bits per heavy atom. The second-order valence-electron chi connectivity index (χ2n) is 5.03. The van der Waals surface area contributed by atoms with Gasteiger partial charge in [0.1, 0.15) is 5.82 Å². The van der Waals surface area contributed by atoms with Crippen molar-refractivity contribution in [1.29, 1.82) is 0 Å². The Kier molecular flexibility index (Phi) is 4.65. The number of nitro benzene ring substituents is 1. The van der Waals surface area contributed by atoms with Crippen molar-refractivity contribution in [1.82, 2.24) is 5.32 Å². The predicted octanol–water partition coefficient (Wildman–Crippen LogP) is 3.89. The molecule has 0 saturated heterocycles. The summed E-state index contributed by atoms with van der Waals surface area (Å²) in [5.74, 6) is -0.593. The van der Waals surface area contributed by atoms with Gasteiger partial charge in [-0.15, -0.1) is 0 Å². The average Bonchev–Trinajstić information content (AvgIpc) is 2.44. The molecule has 0 amide bonds. The lowest BCUT2D eigenvalue weighted by Crippen LogP contribution is -2.19. The molecule has 0 saturated carbocycles. The van der Waals surface area contributed by atoms with Gasteiger partial charge >= 0.3 is 0 Å². The van der Waals surface area contributed by atoms with E-state index in [2.05, 4.69) is 5.32 Å². The van der Waals surface area contributed by atoms with Crippen LogP contribution in [0.1, 0.15) is 29.7 Å². The van der Waals surface area contributed by atoms with Gasteiger partial charge in [-0.2, -0.15) is 0 Å². The molecule has 0 bridgehead atoms. The van der Waals surface area contributed by atoms with Crippen molar-refractivity contribution >= 4 is 5.69 Å². The summed E-state index contributed by atoms with van der Waals surface area (Å²) in [5, 5.41) is 14.0. The molecule has 0 aromatic heterocycles. The first-order chi connectivity index (χ1) is 9.97. The molecular formula is C16H17FN2O2. The zero-order valence-electron chi connectivity index (χ0n) is 12.0. The van der Waals surface area contributed by atoms with Crippen LogP contribution in [-0.2, 0) is 6.54 Å². The van der Waals surface area contributed by atoms with Gasteiger partial charge in [0.05, 0.1) is 11.0 Å². The number of rotatable bonds is 5. The van der Waals surface area contributed by atoms with Crippen molar-refractivity contribution in [3.63, 3.8) is 0 Å². The first-order valence-electron chi connectivity index (χ1n) is 6.70. The number of halogens is 1. The molecule has 0 fully saturated rings. The zero-order valence-corrected chi connectivity index (χ0v) is 12.0. The molecule has 1 atom stereocenters. The third-order valence-electron chi connectivity index (χ3n) is 3.42. The number of nitrogens with zero attached hydrogens (tertiary/aromatic N) is 1. The Bertz CT molecular complexity index is 658. The van der Waals surface area contributed by atoms with E-state index in [0.717, 1.165) is 11.6 Å². The highest BCUT2D eigenvalue weighted by molar-refractivity contribution is 5.35. The zero-order chi connectivity index (χ0) is 15.4. The second-order valence-corrected chi connectivity index (χ2v) is 5.03. The van der Waals surface area contributed by atoms with Crippen LogP contribution in [0.4, 0.5) is 10.1 Å². The quantitative estimate of drug-likeness (QED) is 0.670. The fraction of sp³-hybridized carbons (Fsp3) is 0.250. The maximum atomic E-state index is 13.4. The lowest BCUT2D eigenvalue weighted by molar-refractivity contribution is -0.385. The molecule has 4 nitrogen and oxygen atoms in total. The minimum Gasteiger partial charge on any atom is -0.306 e. The molecule has 2 rings (SSSR count). The van der Waals surface area contributed by atoms with Gasteiger partial charge in [-0.1, -0.05) is 24.3 Å². The van der Waals surface area contributed by atoms with E-state index in [-0.39, 0.29) is 11.7 Å². The van der Waals surface area contributed by atoms with E-state index in [4.69, 9.17) is 0 Å². The monoisotopic (exact) mass is 288 g/mol. The van der Waals surface area contributed by atoms with Gasteiger partial charge in [0.25, 0.3) is 5.69 Å². The average molecular weight is 288 g/mol. The number of hydrogen-bond acceptors (Lipinski definition) is 3. The SMILES string of the molecule is Cc1ccccc1[C@@H](C)NCc1cc(F)cc([N+](=O)[O-])c1. The Labute approximate surface area is 122 Å². The molecule has 110 valence electrons. The lowest BCUT2D eigenvalue weighted by Gasteiger charge is -2.16. The summed E-state index contributed by atoms with van der Waals surface area (Å²) in [5.41, 5.74) is 2.66. The topological polar surface area (TPSA) is 55.2 Å². The van der Waals surface area contributed by atoms with Gasteiger partial charge in [0.15, 0.2) is 0 Å². The van der Waals surface area contributed by atoms with Crippen LogP contribution in [0.3, 0.4) is 0 Å². The summed E-state index contributed by atoms with van der Waals surface area (Å²) < 4.78 is 13.4. The summed E-state index contributed by atoms with van der Waals surface area (Å²) in [6.45, 7) is 4.41. The number of non-ortho nitro benzene ring substituents is 1. The van der Waals surface area contributed by atoms with E-state index in [1.54, 1.807) is 0 Å². The largest absolute Gasteiger partial charge is 0.306 e. The highest BCUT2D eigenvalue weighted by atomic mass is 19.1. The van der Waals surface area contributed by atoms with Crippen molar-refractivity contribution in [3.05, 3.63) is 75.1 Å². The van der Waals surface area contributed by atoms with Crippen LogP contribution in [0.25, 0.3) is 0 Å². The van der Waals surface area contributed by atoms with Crippen LogP contribution < -0.4 is 5.32 Å². The van der Waals surface area contributed by atoms with Gasteiger partial charge in [0.2, 0.25) is 0 Å². The fourth-order valence-corrected chi connectivity index (χ4v) is 2.29. The maximum Gasteiger partial charge on any atom is 0.272 e. The highest BCUT2D eigenvalue weighted by Crippen LogP contribution is 2.19. The van der Waals surface area contributed by atoms with Crippen LogP contribution in [-0.4, -0.2) is 4.92 Å². The van der Waals surface area contributed by atoms with Crippen molar-refractivity contribution in [2.24, 2.45) is 0 Å². The van der Waals surface area contributed by atoms with Gasteiger partial charge < -0.3 is 5.32 Å². The van der Waals surface area contributed by atoms with E-state index in [1.807, 2.05) is 38.1 Å². The smallest absolute Gasteiger partial charge is 0.272 e. The highest BCUT2D eigenvalue weighted by Gasteiger charge is 2.11. The molecule has 0 unspecified atom stereocenters. The predicted molar refractivity (Wildman–Crippen MR) is 79.5 cm³/mol. The van der Waals surface area contributed by atoms with Gasteiger partial charge in [-0.25, -0.2) is 4.39 Å². The maximum absolute atomic E-state index is 13.4. The summed E-state index contributed by atoms with van der Waals surface area (Å²) in [7, 11) is 0. The van der Waals surface area contributed by atoms with Gasteiger partial charge in [-0.05, 0) is 36.6 Å². The van der Waals surface area contributed by atoms with E-state index < -0.39 is 10.7 Å². The number of aryl methyl sites for hydroxylation is 1. The molecule has 0 radical (unpaired) electrons. The van der Waals surface area contributed by atoms with E-state index in [0.29, 0.717) is 12.1 Å². The van der Waals surface area contributed by atoms with E-state index >= 15 is 0 Å². The summed E-state index contributed by atoms with van der Waals surface area (Å²) >= 11 is 0. The molecule has 0 aliphatic rings. The second kappa shape index (κ2) is 6.45. The van der Waals surface area contributed by atoms with Crippen LogP contribution in [0.15, 0.2) is 42.5 Å². The summed E-state index contributed by atoms with van der Waals surface area (Å²) in [4.78, 5) is 10.1. The van der Waals surface area contributed by atoms with Crippen molar-refractivity contribution in [2.75, 3.05) is 0 Å². The number of nitrogens with one attached hydrogen (secondary N) is 1. The molecule has 0 aliphatic carbocycles. The molecule has 2 aromatic carbocycles. The first-order valence-corrected chi connectivity index (χ1v) is 6.70. The number of hydrogen-bond donors (Lipinski definition) is 1. The molecular weight excluding hydrogens is 271 g/mol. The molecule has 0 heterocycles. The summed E-state index contributed by atoms with van der Waals surface area (Å²) in [6, 6.07) is 11.7. The number of benzene rings is 2. The molecule has 21 heavy (non-hydrogen) atoms. The fourth-order valence-electron chi connectivity index (χ4n) is 2.29. The lowest BCUT2D eigenvalue weighted by atomic mass is 10.0. The minimum atomic E-state index is -0.593. The van der Waals surface area contributed by atoms with Crippen molar-refractivity contribution < 1.29 is 9.31 Å². The summed E-state index contributed by atoms with van der Waals surface area (Å²) in [6.07, 6.45) is 0. The van der Waals surface area contributed by atoms with Crippen molar-refractivity contribution in [3.8, 4) is 0 Å². The minimum absolute atomic E-state index is 0.0773. The standard InChI is InChI=1S/C16H17FN2O2/c1-11-5-3-4-6-16(11)12(2)18-10-13-7-14(17)9-15(8-13)19(20)21/h3-9,12,18H,10H2,1-2H3/t12-/m1/s1. The van der Waals surface area contributed by atoms with E-state index in [9.17, 15) is 14.5 Å². The number of nitro groups is 1. The van der Waals surface area contributed by atoms with Crippen LogP contribution in [0.2, 0.25) is 0 Å². The molecule has 5 heteroatoms. The Morgan fingerprint density at radius 3 is 2.67 bits per heavy atom. The molecule has 1 N–H and O–H groups in total. The molecule has 0 spiro atoms. The third-order valence-corrected chi connectivity index (χ3v) is 3.42. The van der Waals surface area contributed by atoms with Crippen molar-refractivity contribution in [2.45, 2.75) is 26.4 Å². The van der Waals surface area contributed by atoms with E-state index in [1.165, 1.54) is 17.7 Å². The van der Waals surface area contributed by atoms with Crippen LogP contribution >= 0.6 is 0 Å². The van der Waals surface area contributed by atoms with Crippen LogP contribution in [0.5, 0.6) is 0 Å². The van der Waals surface area contributed by atoms with Gasteiger partial charge in [0, 0.05) is 18.7 Å². The van der Waals surface area contributed by atoms with Crippen LogP contribution in [0, 0.1) is 22.9 Å². The Balaban J connectivity index is 2.09.